The number of hydrogen-bond acceptors (Lipinski definition) is 3. The molecule has 0 spiro atoms. The molecule has 1 aliphatic heterocycles. The average Bonchev–Trinajstić information content (AvgIpc) is 3.22. The molecule has 1 heterocycles. The molecule has 3 nitrogen and oxygen atoms in total. The maximum atomic E-state index is 5.23. The van der Waals surface area contributed by atoms with Gasteiger partial charge in [-0.25, -0.2) is 0 Å². The van der Waals surface area contributed by atoms with Gasteiger partial charge in [0.1, 0.15) is 5.75 Å². The Morgan fingerprint density at radius 3 is 2.48 bits per heavy atom. The molecule has 1 atom stereocenters. The first kappa shape index (κ1) is 13.6. The minimum absolute atomic E-state index is 0.737. The van der Waals surface area contributed by atoms with Gasteiger partial charge >= 0.3 is 0 Å². The van der Waals surface area contributed by atoms with Crippen LogP contribution in [0.4, 0.5) is 0 Å². The van der Waals surface area contributed by atoms with Gasteiger partial charge in [-0.1, -0.05) is 12.1 Å². The highest BCUT2D eigenvalue weighted by molar-refractivity contribution is 5.31. The maximum Gasteiger partial charge on any atom is 0.118 e. The number of benzene rings is 1. The number of ether oxygens (including phenoxy) is 1. The van der Waals surface area contributed by atoms with Crippen LogP contribution >= 0.6 is 0 Å². The van der Waals surface area contributed by atoms with Crippen molar-refractivity contribution in [1.29, 1.82) is 0 Å². The van der Waals surface area contributed by atoms with Crippen LogP contribution in [0, 0.1) is 0 Å². The van der Waals surface area contributed by atoms with E-state index in [2.05, 4.69) is 34.5 Å². The van der Waals surface area contributed by atoms with Crippen molar-refractivity contribution in [3.63, 3.8) is 0 Å². The number of likely N-dealkylation sites (tertiary alicyclic amines) is 1. The Hall–Kier alpha value is -1.06. The van der Waals surface area contributed by atoms with E-state index in [4.69, 9.17) is 4.74 Å². The second-order valence-electron chi connectivity index (χ2n) is 7.02. The lowest BCUT2D eigenvalue weighted by atomic mass is 9.75. The molecule has 1 aromatic rings. The largest absolute Gasteiger partial charge is 0.497 e. The van der Waals surface area contributed by atoms with E-state index in [0.29, 0.717) is 0 Å². The summed E-state index contributed by atoms with van der Waals surface area (Å²) in [6.07, 6.45) is 6.82. The standard InChI is InChI=1S/C18H26N2O/c1-21-18-6-2-13(3-7-18)14-10-16(11-14)19-15-8-9-20(12-15)17-4-5-17/h2-3,6-7,14-17,19H,4-5,8-12H2,1H3. The average molecular weight is 286 g/mol. The van der Waals surface area contributed by atoms with Gasteiger partial charge in [-0.05, 0) is 55.7 Å². The van der Waals surface area contributed by atoms with Crippen LogP contribution in [0.3, 0.4) is 0 Å². The molecule has 0 radical (unpaired) electrons. The summed E-state index contributed by atoms with van der Waals surface area (Å²) in [5.74, 6) is 1.70. The highest BCUT2D eigenvalue weighted by Crippen LogP contribution is 2.38. The molecule has 1 N–H and O–H groups in total. The van der Waals surface area contributed by atoms with Crippen molar-refractivity contribution in [3.8, 4) is 5.75 Å². The monoisotopic (exact) mass is 286 g/mol. The third-order valence-electron chi connectivity index (χ3n) is 5.48. The smallest absolute Gasteiger partial charge is 0.118 e. The first-order chi connectivity index (χ1) is 10.3. The summed E-state index contributed by atoms with van der Waals surface area (Å²) in [7, 11) is 1.73. The molecule has 3 aliphatic rings. The van der Waals surface area contributed by atoms with E-state index in [-0.39, 0.29) is 0 Å². The van der Waals surface area contributed by atoms with Crippen LogP contribution in [0.25, 0.3) is 0 Å². The Kier molecular flexibility index (Phi) is 3.64. The predicted octanol–water partition coefficient (Wildman–Crippen LogP) is 2.77. The first-order valence-electron chi connectivity index (χ1n) is 8.46. The SMILES string of the molecule is COc1ccc(C2CC(NC3CCN(C4CC4)C3)C2)cc1. The Labute approximate surface area is 127 Å². The predicted molar refractivity (Wildman–Crippen MR) is 84.9 cm³/mol. The van der Waals surface area contributed by atoms with E-state index < -0.39 is 0 Å². The Balaban J connectivity index is 1.23. The molecule has 0 bridgehead atoms. The first-order valence-corrected chi connectivity index (χ1v) is 8.46. The van der Waals surface area contributed by atoms with Crippen molar-refractivity contribution in [3.05, 3.63) is 29.8 Å². The molecule has 1 aromatic carbocycles. The minimum Gasteiger partial charge on any atom is -0.497 e. The van der Waals surface area contributed by atoms with E-state index in [9.17, 15) is 0 Å². The molecular weight excluding hydrogens is 260 g/mol. The number of nitrogens with zero attached hydrogens (tertiary/aromatic N) is 1. The van der Waals surface area contributed by atoms with Gasteiger partial charge in [0.05, 0.1) is 7.11 Å². The number of rotatable bonds is 5. The minimum atomic E-state index is 0.737. The second kappa shape index (κ2) is 5.62. The normalized spacial score (nSPS) is 32.9. The highest BCUT2D eigenvalue weighted by Gasteiger charge is 2.37. The van der Waals surface area contributed by atoms with E-state index >= 15 is 0 Å². The molecule has 21 heavy (non-hydrogen) atoms. The molecule has 2 saturated carbocycles. The number of nitrogens with one attached hydrogen (secondary N) is 1. The van der Waals surface area contributed by atoms with Crippen molar-refractivity contribution >= 4 is 0 Å². The van der Waals surface area contributed by atoms with Crippen LogP contribution in [-0.2, 0) is 0 Å². The van der Waals surface area contributed by atoms with Gasteiger partial charge in [0.2, 0.25) is 0 Å². The summed E-state index contributed by atoms with van der Waals surface area (Å²) < 4.78 is 5.23. The summed E-state index contributed by atoms with van der Waals surface area (Å²) in [4.78, 5) is 2.69. The third kappa shape index (κ3) is 2.95. The quantitative estimate of drug-likeness (QED) is 0.901. The fraction of sp³-hybridized carbons (Fsp3) is 0.667. The fourth-order valence-electron chi connectivity index (χ4n) is 3.93. The zero-order chi connectivity index (χ0) is 14.2. The molecule has 3 fully saturated rings. The van der Waals surface area contributed by atoms with E-state index in [1.54, 1.807) is 7.11 Å². The lowest BCUT2D eigenvalue weighted by Gasteiger charge is -2.38. The molecule has 0 aromatic heterocycles. The van der Waals surface area contributed by atoms with Crippen molar-refractivity contribution in [2.45, 2.75) is 56.1 Å². The zero-order valence-electron chi connectivity index (χ0n) is 12.9. The molecule has 0 amide bonds. The topological polar surface area (TPSA) is 24.5 Å². The molecule has 3 heteroatoms. The Morgan fingerprint density at radius 1 is 1.05 bits per heavy atom. The maximum absolute atomic E-state index is 5.23. The summed E-state index contributed by atoms with van der Waals surface area (Å²) in [5, 5.41) is 3.88. The van der Waals surface area contributed by atoms with E-state index in [1.807, 2.05) is 0 Å². The van der Waals surface area contributed by atoms with Crippen molar-refractivity contribution < 1.29 is 4.74 Å². The van der Waals surface area contributed by atoms with E-state index in [1.165, 1.54) is 50.8 Å². The van der Waals surface area contributed by atoms with E-state index in [0.717, 1.165) is 29.8 Å². The van der Waals surface area contributed by atoms with Gasteiger partial charge in [-0.15, -0.1) is 0 Å². The van der Waals surface area contributed by atoms with Gasteiger partial charge in [0.15, 0.2) is 0 Å². The van der Waals surface area contributed by atoms with Crippen LogP contribution in [-0.4, -0.2) is 43.2 Å². The summed E-state index contributed by atoms with van der Waals surface area (Å²) in [5.41, 5.74) is 1.47. The van der Waals surface area contributed by atoms with Crippen LogP contribution in [0.5, 0.6) is 5.75 Å². The summed E-state index contributed by atoms with van der Waals surface area (Å²) in [6.45, 7) is 2.60. The summed E-state index contributed by atoms with van der Waals surface area (Å²) in [6, 6.07) is 11.0. The summed E-state index contributed by atoms with van der Waals surface area (Å²) >= 11 is 0. The lowest BCUT2D eigenvalue weighted by Crippen LogP contribution is -2.46. The van der Waals surface area contributed by atoms with Crippen LogP contribution < -0.4 is 10.1 Å². The van der Waals surface area contributed by atoms with Crippen molar-refractivity contribution in [2.24, 2.45) is 0 Å². The number of hydrogen-bond donors (Lipinski definition) is 1. The Bertz CT molecular complexity index is 476. The Morgan fingerprint density at radius 2 is 1.81 bits per heavy atom. The van der Waals surface area contributed by atoms with Crippen LogP contribution in [0.2, 0.25) is 0 Å². The molecule has 4 rings (SSSR count). The molecule has 1 unspecified atom stereocenters. The fourth-order valence-corrected chi connectivity index (χ4v) is 3.93. The van der Waals surface area contributed by atoms with Crippen molar-refractivity contribution in [2.75, 3.05) is 20.2 Å². The van der Waals surface area contributed by atoms with Crippen molar-refractivity contribution in [1.82, 2.24) is 10.2 Å². The van der Waals surface area contributed by atoms with Gasteiger partial charge in [-0.3, -0.25) is 4.90 Å². The van der Waals surface area contributed by atoms with Crippen LogP contribution in [0.1, 0.15) is 43.6 Å². The van der Waals surface area contributed by atoms with Gasteiger partial charge in [0.25, 0.3) is 0 Å². The third-order valence-corrected chi connectivity index (χ3v) is 5.48. The zero-order valence-corrected chi connectivity index (χ0v) is 12.9. The molecular formula is C18H26N2O. The highest BCUT2D eigenvalue weighted by atomic mass is 16.5. The number of methoxy groups -OCH3 is 1. The van der Waals surface area contributed by atoms with Gasteiger partial charge < -0.3 is 10.1 Å². The van der Waals surface area contributed by atoms with Gasteiger partial charge in [0, 0.05) is 31.2 Å². The lowest BCUT2D eigenvalue weighted by molar-refractivity contribution is 0.255. The second-order valence-corrected chi connectivity index (χ2v) is 7.02. The van der Waals surface area contributed by atoms with Crippen LogP contribution in [0.15, 0.2) is 24.3 Å². The molecule has 2 aliphatic carbocycles. The van der Waals surface area contributed by atoms with Gasteiger partial charge in [-0.2, -0.15) is 0 Å². The molecule has 114 valence electrons. The molecule has 1 saturated heterocycles.